The molecule has 0 unspecified atom stereocenters. The number of piperazine rings is 1. The maximum atomic E-state index is 10.1. The van der Waals surface area contributed by atoms with Gasteiger partial charge in [-0.15, -0.1) is 24.0 Å². The second-order valence-electron chi connectivity index (χ2n) is 7.03. The van der Waals surface area contributed by atoms with E-state index in [4.69, 9.17) is 4.74 Å². The van der Waals surface area contributed by atoms with Crippen LogP contribution in [0.4, 0.5) is 5.69 Å². The molecule has 1 aliphatic heterocycles. The Balaban J connectivity index is 0.00000300. The van der Waals surface area contributed by atoms with Crippen molar-refractivity contribution >= 4 is 35.6 Å². The van der Waals surface area contributed by atoms with Crippen LogP contribution in [-0.2, 0) is 6.54 Å². The van der Waals surface area contributed by atoms with Crippen LogP contribution in [0.5, 0.6) is 11.6 Å². The molecule has 29 heavy (non-hydrogen) atoms. The van der Waals surface area contributed by atoms with Crippen molar-refractivity contribution in [3.63, 3.8) is 0 Å². The Kier molecular flexibility index (Phi) is 8.81. The normalized spacial score (nSPS) is 14.6. The second kappa shape index (κ2) is 11.1. The van der Waals surface area contributed by atoms with Crippen molar-refractivity contribution in [2.45, 2.75) is 26.5 Å². The van der Waals surface area contributed by atoms with Gasteiger partial charge in [-0.1, -0.05) is 18.2 Å². The third-order valence-corrected chi connectivity index (χ3v) is 4.62. The summed E-state index contributed by atoms with van der Waals surface area (Å²) in [5.74, 6) is 1.85. The van der Waals surface area contributed by atoms with E-state index in [9.17, 15) is 5.11 Å². The minimum absolute atomic E-state index is 0. The van der Waals surface area contributed by atoms with Crippen molar-refractivity contribution in [3.8, 4) is 11.6 Å². The van der Waals surface area contributed by atoms with Gasteiger partial charge in [-0.2, -0.15) is 0 Å². The van der Waals surface area contributed by atoms with Crippen molar-refractivity contribution in [3.05, 3.63) is 48.2 Å². The smallest absolute Gasteiger partial charge is 0.213 e. The van der Waals surface area contributed by atoms with Gasteiger partial charge >= 0.3 is 0 Å². The summed E-state index contributed by atoms with van der Waals surface area (Å²) in [6, 6.07) is 11.4. The molecule has 0 atom stereocenters. The van der Waals surface area contributed by atoms with Crippen LogP contribution in [0.25, 0.3) is 0 Å². The van der Waals surface area contributed by atoms with Gasteiger partial charge in [0.1, 0.15) is 5.75 Å². The van der Waals surface area contributed by atoms with E-state index in [-0.39, 0.29) is 30.1 Å². The van der Waals surface area contributed by atoms with Crippen LogP contribution >= 0.6 is 24.0 Å². The molecule has 0 aliphatic carbocycles. The standard InChI is InChI=1S/C21H29N5O2.HI/c1-16(2)28-20-9-8-17(14-23-20)15-24-21(22-3)26-12-10-25(11-13-26)18-6-4-5-7-19(18)27;/h4-9,14,16,27H,10-13,15H2,1-3H3,(H,22,24);1H. The number of aliphatic imine (C=N–C) groups is 1. The molecular formula is C21H30IN5O2. The van der Waals surface area contributed by atoms with Crippen molar-refractivity contribution in [1.82, 2.24) is 15.2 Å². The molecule has 8 heteroatoms. The first kappa shape index (κ1) is 23.1. The molecule has 0 spiro atoms. The minimum atomic E-state index is 0. The summed E-state index contributed by atoms with van der Waals surface area (Å²) in [5, 5.41) is 13.5. The lowest BCUT2D eigenvalue weighted by atomic mass is 10.2. The van der Waals surface area contributed by atoms with Gasteiger partial charge < -0.3 is 25.0 Å². The average molecular weight is 511 g/mol. The summed E-state index contributed by atoms with van der Waals surface area (Å²) in [5.41, 5.74) is 1.96. The molecule has 158 valence electrons. The number of halogens is 1. The minimum Gasteiger partial charge on any atom is -0.506 e. The van der Waals surface area contributed by atoms with Crippen molar-refractivity contribution < 1.29 is 9.84 Å². The Morgan fingerprint density at radius 1 is 1.17 bits per heavy atom. The first-order chi connectivity index (χ1) is 13.6. The summed E-state index contributed by atoms with van der Waals surface area (Å²) >= 11 is 0. The number of rotatable bonds is 5. The van der Waals surface area contributed by atoms with Gasteiger partial charge in [0.25, 0.3) is 0 Å². The van der Waals surface area contributed by atoms with Crippen LogP contribution in [0.15, 0.2) is 47.6 Å². The fraction of sp³-hybridized carbons (Fsp3) is 0.429. The Bertz CT molecular complexity index is 790. The second-order valence-corrected chi connectivity index (χ2v) is 7.03. The van der Waals surface area contributed by atoms with Crippen LogP contribution in [0.3, 0.4) is 0 Å². The number of guanidine groups is 1. The number of aromatic nitrogens is 1. The van der Waals surface area contributed by atoms with Crippen molar-refractivity contribution in [2.75, 3.05) is 38.1 Å². The van der Waals surface area contributed by atoms with Crippen LogP contribution in [0, 0.1) is 0 Å². The Labute approximate surface area is 189 Å². The monoisotopic (exact) mass is 511 g/mol. The average Bonchev–Trinajstić information content (AvgIpc) is 2.70. The summed E-state index contributed by atoms with van der Waals surface area (Å²) in [7, 11) is 1.80. The molecule has 1 aromatic heterocycles. The summed E-state index contributed by atoms with van der Waals surface area (Å²) in [4.78, 5) is 13.2. The van der Waals surface area contributed by atoms with Gasteiger partial charge in [0, 0.05) is 52.0 Å². The highest BCUT2D eigenvalue weighted by molar-refractivity contribution is 14.0. The van der Waals surface area contributed by atoms with Crippen molar-refractivity contribution in [1.29, 1.82) is 0 Å². The van der Waals surface area contributed by atoms with Crippen LogP contribution < -0.4 is 15.0 Å². The van der Waals surface area contributed by atoms with E-state index < -0.39 is 0 Å². The van der Waals surface area contributed by atoms with E-state index in [1.807, 2.05) is 50.4 Å². The highest BCUT2D eigenvalue weighted by Gasteiger charge is 2.21. The molecule has 1 aliphatic rings. The SMILES string of the molecule is CN=C(NCc1ccc(OC(C)C)nc1)N1CCN(c2ccccc2O)CC1.I. The third kappa shape index (κ3) is 6.38. The van der Waals surface area contributed by atoms with Crippen LogP contribution in [-0.4, -0.2) is 60.3 Å². The molecule has 1 fully saturated rings. The lowest BCUT2D eigenvalue weighted by Gasteiger charge is -2.37. The van der Waals surface area contributed by atoms with E-state index in [0.29, 0.717) is 18.2 Å². The number of nitrogens with zero attached hydrogens (tertiary/aromatic N) is 4. The number of anilines is 1. The fourth-order valence-electron chi connectivity index (χ4n) is 3.23. The van der Waals surface area contributed by atoms with Crippen molar-refractivity contribution in [2.24, 2.45) is 4.99 Å². The molecule has 1 aromatic carbocycles. The Morgan fingerprint density at radius 3 is 2.48 bits per heavy atom. The molecular weight excluding hydrogens is 481 g/mol. The number of benzene rings is 1. The number of hydrogen-bond acceptors (Lipinski definition) is 5. The topological polar surface area (TPSA) is 73.2 Å². The van der Waals surface area contributed by atoms with Gasteiger partial charge in [0.15, 0.2) is 5.96 Å². The number of hydrogen-bond donors (Lipinski definition) is 2. The molecule has 3 rings (SSSR count). The fourth-order valence-corrected chi connectivity index (χ4v) is 3.23. The number of aromatic hydroxyl groups is 1. The first-order valence-electron chi connectivity index (χ1n) is 9.67. The van der Waals surface area contributed by atoms with E-state index in [1.54, 1.807) is 13.1 Å². The zero-order valence-corrected chi connectivity index (χ0v) is 19.5. The highest BCUT2D eigenvalue weighted by Crippen LogP contribution is 2.27. The maximum absolute atomic E-state index is 10.1. The van der Waals surface area contributed by atoms with E-state index in [1.165, 1.54) is 0 Å². The quantitative estimate of drug-likeness (QED) is 0.365. The third-order valence-electron chi connectivity index (χ3n) is 4.62. The van der Waals surface area contributed by atoms with E-state index in [0.717, 1.165) is 43.4 Å². The molecule has 0 amide bonds. The Morgan fingerprint density at radius 2 is 1.90 bits per heavy atom. The van der Waals surface area contributed by atoms with E-state index >= 15 is 0 Å². The zero-order chi connectivity index (χ0) is 19.9. The number of pyridine rings is 1. The van der Waals surface area contributed by atoms with Gasteiger partial charge in [-0.05, 0) is 31.5 Å². The molecule has 2 aromatic rings. The number of para-hydroxylation sites is 2. The molecule has 7 nitrogen and oxygen atoms in total. The number of nitrogens with one attached hydrogen (secondary N) is 1. The lowest BCUT2D eigenvalue weighted by Crippen LogP contribution is -2.52. The maximum Gasteiger partial charge on any atom is 0.213 e. The van der Waals surface area contributed by atoms with Crippen LogP contribution in [0.2, 0.25) is 0 Å². The molecule has 0 bridgehead atoms. The zero-order valence-electron chi connectivity index (χ0n) is 17.2. The number of phenolic OH excluding ortho intramolecular Hbond substituents is 1. The molecule has 1 saturated heterocycles. The summed E-state index contributed by atoms with van der Waals surface area (Å²) < 4.78 is 5.58. The Hall–Kier alpha value is -2.23. The summed E-state index contributed by atoms with van der Waals surface area (Å²) in [6.45, 7) is 7.98. The van der Waals surface area contributed by atoms with Gasteiger partial charge in [-0.25, -0.2) is 4.98 Å². The first-order valence-corrected chi connectivity index (χ1v) is 9.67. The van der Waals surface area contributed by atoms with Gasteiger partial charge in [0.2, 0.25) is 5.88 Å². The predicted molar refractivity (Wildman–Crippen MR) is 128 cm³/mol. The van der Waals surface area contributed by atoms with Gasteiger partial charge in [-0.3, -0.25) is 4.99 Å². The molecule has 2 heterocycles. The predicted octanol–water partition coefficient (Wildman–Crippen LogP) is 3.09. The van der Waals surface area contributed by atoms with Crippen LogP contribution in [0.1, 0.15) is 19.4 Å². The largest absolute Gasteiger partial charge is 0.506 e. The van der Waals surface area contributed by atoms with Gasteiger partial charge in [0.05, 0.1) is 11.8 Å². The lowest BCUT2D eigenvalue weighted by molar-refractivity contribution is 0.232. The summed E-state index contributed by atoms with van der Waals surface area (Å²) in [6.07, 6.45) is 1.94. The number of ether oxygens (including phenoxy) is 1. The van der Waals surface area contributed by atoms with E-state index in [2.05, 4.69) is 25.1 Å². The highest BCUT2D eigenvalue weighted by atomic mass is 127. The molecule has 0 radical (unpaired) electrons. The molecule has 0 saturated carbocycles. The molecule has 2 N–H and O–H groups in total. The number of phenols is 1.